The van der Waals surface area contributed by atoms with Crippen LogP contribution in [0.3, 0.4) is 0 Å². The van der Waals surface area contributed by atoms with E-state index in [1.165, 1.54) is 18.5 Å². The molecule has 0 aliphatic carbocycles. The van der Waals surface area contributed by atoms with Gasteiger partial charge in [-0.05, 0) is 24.3 Å². The molecular weight excluding hydrogens is 185 g/mol. The third-order valence-electron chi connectivity index (χ3n) is 1.90. The lowest BCUT2D eigenvalue weighted by Gasteiger charge is -1.97. The average molecular weight is 193 g/mol. The van der Waals surface area contributed by atoms with Crippen LogP contribution in [0.5, 0.6) is 0 Å². The van der Waals surface area contributed by atoms with Gasteiger partial charge in [0.2, 0.25) is 0 Å². The molecule has 0 atom stereocenters. The van der Waals surface area contributed by atoms with E-state index in [2.05, 4.69) is 4.98 Å². The van der Waals surface area contributed by atoms with E-state index in [1.807, 2.05) is 0 Å². The second-order valence-corrected chi connectivity index (χ2v) is 2.79. The van der Waals surface area contributed by atoms with Crippen LogP contribution in [0.2, 0.25) is 0 Å². The largest absolute Gasteiger partial charge is 0.443 e. The molecule has 0 saturated heterocycles. The Morgan fingerprint density at radius 2 is 2.00 bits per heavy atom. The zero-order chi connectivity index (χ0) is 9.97. The van der Waals surface area contributed by atoms with Crippen molar-refractivity contribution >= 4 is 0 Å². The Labute approximate surface area is 79.8 Å². The maximum Gasteiger partial charge on any atom is 0.181 e. The summed E-state index contributed by atoms with van der Waals surface area (Å²) < 4.78 is 17.7. The van der Waals surface area contributed by atoms with Crippen LogP contribution >= 0.6 is 0 Å². The molecule has 0 bridgehead atoms. The molecule has 1 aromatic heterocycles. The summed E-state index contributed by atoms with van der Waals surface area (Å²) in [6.45, 7) is -0.191. The number of halogens is 1. The zero-order valence-electron chi connectivity index (χ0n) is 7.27. The molecule has 1 aromatic carbocycles. The normalized spacial score (nSPS) is 10.4. The number of oxazole rings is 1. The van der Waals surface area contributed by atoms with Gasteiger partial charge in [0.15, 0.2) is 12.2 Å². The smallest absolute Gasteiger partial charge is 0.181 e. The van der Waals surface area contributed by atoms with Gasteiger partial charge in [-0.25, -0.2) is 9.37 Å². The predicted octanol–water partition coefficient (Wildman–Crippen LogP) is 1.97. The number of aliphatic hydroxyl groups excluding tert-OH is 1. The van der Waals surface area contributed by atoms with Crippen LogP contribution in [0.4, 0.5) is 4.39 Å². The molecule has 3 nitrogen and oxygen atoms in total. The van der Waals surface area contributed by atoms with Crippen molar-refractivity contribution in [3.63, 3.8) is 0 Å². The predicted molar refractivity (Wildman–Crippen MR) is 47.8 cm³/mol. The standard InChI is InChI=1S/C10H8FNO2/c11-8-3-1-7(2-4-8)10-9(5-13)12-6-14-10/h1-4,6,13H,5H2. The highest BCUT2D eigenvalue weighted by Crippen LogP contribution is 2.22. The third kappa shape index (κ3) is 1.52. The summed E-state index contributed by atoms with van der Waals surface area (Å²) in [7, 11) is 0. The topological polar surface area (TPSA) is 46.3 Å². The molecular formula is C10H8FNO2. The zero-order valence-corrected chi connectivity index (χ0v) is 7.27. The highest BCUT2D eigenvalue weighted by Gasteiger charge is 2.09. The molecule has 4 heteroatoms. The number of hydrogen-bond donors (Lipinski definition) is 1. The molecule has 2 aromatic rings. The molecule has 0 aliphatic rings. The Morgan fingerprint density at radius 1 is 1.29 bits per heavy atom. The minimum Gasteiger partial charge on any atom is -0.443 e. The minimum absolute atomic E-state index is 0.191. The van der Waals surface area contributed by atoms with Gasteiger partial charge in [0.25, 0.3) is 0 Å². The molecule has 0 fully saturated rings. The molecule has 1 N–H and O–H groups in total. The van der Waals surface area contributed by atoms with Crippen molar-refractivity contribution < 1.29 is 13.9 Å². The molecule has 0 spiro atoms. The van der Waals surface area contributed by atoms with Crippen molar-refractivity contribution in [2.75, 3.05) is 0 Å². The van der Waals surface area contributed by atoms with Crippen LogP contribution in [0.1, 0.15) is 5.69 Å². The maximum atomic E-state index is 12.6. The maximum absolute atomic E-state index is 12.6. The highest BCUT2D eigenvalue weighted by atomic mass is 19.1. The first-order valence-corrected chi connectivity index (χ1v) is 4.10. The molecule has 0 amide bonds. The Bertz CT molecular complexity index is 422. The molecule has 0 saturated carbocycles. The Kier molecular flexibility index (Phi) is 2.28. The number of hydrogen-bond acceptors (Lipinski definition) is 3. The fraction of sp³-hybridized carbons (Fsp3) is 0.100. The van der Waals surface area contributed by atoms with Crippen LogP contribution in [0, 0.1) is 5.82 Å². The molecule has 1 heterocycles. The molecule has 2 rings (SSSR count). The Morgan fingerprint density at radius 3 is 2.64 bits per heavy atom. The Hall–Kier alpha value is -1.68. The quantitative estimate of drug-likeness (QED) is 0.793. The van der Waals surface area contributed by atoms with Crippen LogP contribution in [0.15, 0.2) is 35.1 Å². The lowest BCUT2D eigenvalue weighted by Crippen LogP contribution is -1.86. The van der Waals surface area contributed by atoms with E-state index in [9.17, 15) is 4.39 Å². The minimum atomic E-state index is -0.307. The highest BCUT2D eigenvalue weighted by molar-refractivity contribution is 5.59. The van der Waals surface area contributed by atoms with E-state index in [-0.39, 0.29) is 12.4 Å². The van der Waals surface area contributed by atoms with E-state index in [0.29, 0.717) is 17.0 Å². The second-order valence-electron chi connectivity index (χ2n) is 2.79. The van der Waals surface area contributed by atoms with Crippen molar-refractivity contribution in [1.29, 1.82) is 0 Å². The second kappa shape index (κ2) is 3.59. The number of benzene rings is 1. The van der Waals surface area contributed by atoms with Gasteiger partial charge < -0.3 is 9.52 Å². The molecule has 0 radical (unpaired) electrons. The van der Waals surface area contributed by atoms with E-state index in [4.69, 9.17) is 9.52 Å². The van der Waals surface area contributed by atoms with Crippen LogP contribution in [0.25, 0.3) is 11.3 Å². The van der Waals surface area contributed by atoms with Gasteiger partial charge in [-0.15, -0.1) is 0 Å². The van der Waals surface area contributed by atoms with Crippen LogP contribution < -0.4 is 0 Å². The summed E-state index contributed by atoms with van der Waals surface area (Å²) in [4.78, 5) is 3.82. The summed E-state index contributed by atoms with van der Waals surface area (Å²) in [6.07, 6.45) is 1.25. The van der Waals surface area contributed by atoms with Gasteiger partial charge in [-0.2, -0.15) is 0 Å². The van der Waals surface area contributed by atoms with E-state index in [1.54, 1.807) is 12.1 Å². The van der Waals surface area contributed by atoms with Crippen molar-refractivity contribution in [1.82, 2.24) is 4.98 Å². The number of aromatic nitrogens is 1. The lowest BCUT2D eigenvalue weighted by atomic mass is 10.1. The summed E-state index contributed by atoms with van der Waals surface area (Å²) in [5.41, 5.74) is 1.16. The first-order chi connectivity index (χ1) is 6.81. The van der Waals surface area contributed by atoms with E-state index in [0.717, 1.165) is 0 Å². The fourth-order valence-corrected chi connectivity index (χ4v) is 1.22. The summed E-state index contributed by atoms with van der Waals surface area (Å²) >= 11 is 0. The van der Waals surface area contributed by atoms with E-state index < -0.39 is 0 Å². The summed E-state index contributed by atoms with van der Waals surface area (Å²) in [6, 6.07) is 5.82. The monoisotopic (exact) mass is 193 g/mol. The van der Waals surface area contributed by atoms with Gasteiger partial charge in [0.05, 0.1) is 6.61 Å². The fourth-order valence-electron chi connectivity index (χ4n) is 1.22. The SMILES string of the molecule is OCc1ncoc1-c1ccc(F)cc1. The molecule has 72 valence electrons. The Balaban J connectivity index is 2.44. The molecule has 0 aliphatic heterocycles. The van der Waals surface area contributed by atoms with Gasteiger partial charge in [-0.3, -0.25) is 0 Å². The van der Waals surface area contributed by atoms with Gasteiger partial charge in [-0.1, -0.05) is 0 Å². The van der Waals surface area contributed by atoms with Crippen LogP contribution in [-0.2, 0) is 6.61 Å². The van der Waals surface area contributed by atoms with Gasteiger partial charge in [0.1, 0.15) is 11.5 Å². The van der Waals surface area contributed by atoms with Gasteiger partial charge >= 0.3 is 0 Å². The van der Waals surface area contributed by atoms with Crippen molar-refractivity contribution in [2.24, 2.45) is 0 Å². The first kappa shape index (κ1) is 8.90. The van der Waals surface area contributed by atoms with Crippen molar-refractivity contribution in [3.05, 3.63) is 42.2 Å². The summed E-state index contributed by atoms with van der Waals surface area (Å²) in [5, 5.41) is 8.93. The average Bonchev–Trinajstić information content (AvgIpc) is 2.67. The third-order valence-corrected chi connectivity index (χ3v) is 1.90. The van der Waals surface area contributed by atoms with Gasteiger partial charge in [0, 0.05) is 5.56 Å². The van der Waals surface area contributed by atoms with Crippen molar-refractivity contribution in [3.8, 4) is 11.3 Å². The number of nitrogens with zero attached hydrogens (tertiary/aromatic N) is 1. The molecule has 14 heavy (non-hydrogen) atoms. The van der Waals surface area contributed by atoms with E-state index >= 15 is 0 Å². The molecule has 0 unspecified atom stereocenters. The van der Waals surface area contributed by atoms with Crippen LogP contribution in [-0.4, -0.2) is 10.1 Å². The first-order valence-electron chi connectivity index (χ1n) is 4.10. The number of aliphatic hydroxyl groups is 1. The summed E-state index contributed by atoms with van der Waals surface area (Å²) in [5.74, 6) is 0.173. The number of rotatable bonds is 2. The van der Waals surface area contributed by atoms with Crippen molar-refractivity contribution in [2.45, 2.75) is 6.61 Å². The lowest BCUT2D eigenvalue weighted by molar-refractivity contribution is 0.277.